The number of hydrogen-bond acceptors (Lipinski definition) is 2. The maximum atomic E-state index is 11.7. The Morgan fingerprint density at radius 1 is 1.39 bits per heavy atom. The Morgan fingerprint density at radius 3 is 3.00 bits per heavy atom. The lowest BCUT2D eigenvalue weighted by Gasteiger charge is -2.15. The Balaban J connectivity index is 1.84. The SMILES string of the molecule is O=C1CC(Cl)CN1Cc1cnc2ccccc2c1. The van der Waals surface area contributed by atoms with Gasteiger partial charge in [-0.3, -0.25) is 9.78 Å². The molecule has 2 aromatic rings. The molecule has 1 aliphatic rings. The molecule has 1 aromatic carbocycles. The first kappa shape index (κ1) is 11.5. The number of hydrogen-bond donors (Lipinski definition) is 0. The Morgan fingerprint density at radius 2 is 2.22 bits per heavy atom. The molecule has 0 saturated carbocycles. The van der Waals surface area contributed by atoms with E-state index in [9.17, 15) is 4.79 Å². The van der Waals surface area contributed by atoms with E-state index in [0.717, 1.165) is 16.5 Å². The zero-order chi connectivity index (χ0) is 12.5. The van der Waals surface area contributed by atoms with Gasteiger partial charge in [0.2, 0.25) is 5.91 Å². The zero-order valence-corrected chi connectivity index (χ0v) is 10.6. The van der Waals surface area contributed by atoms with Crippen molar-refractivity contribution in [2.45, 2.75) is 18.3 Å². The number of likely N-dealkylation sites (tertiary alicyclic amines) is 1. The maximum absolute atomic E-state index is 11.7. The van der Waals surface area contributed by atoms with Gasteiger partial charge in [-0.2, -0.15) is 0 Å². The second kappa shape index (κ2) is 4.58. The van der Waals surface area contributed by atoms with E-state index in [1.165, 1.54) is 0 Å². The van der Waals surface area contributed by atoms with Gasteiger partial charge in [-0.05, 0) is 17.7 Å². The van der Waals surface area contributed by atoms with Crippen LogP contribution in [0, 0.1) is 0 Å². The van der Waals surface area contributed by atoms with Crippen LogP contribution in [-0.2, 0) is 11.3 Å². The third kappa shape index (κ3) is 2.18. The molecule has 1 unspecified atom stereocenters. The maximum Gasteiger partial charge on any atom is 0.224 e. The lowest BCUT2D eigenvalue weighted by molar-refractivity contribution is -0.128. The minimum atomic E-state index is -0.0501. The van der Waals surface area contributed by atoms with Crippen molar-refractivity contribution >= 4 is 28.4 Å². The fraction of sp³-hybridized carbons (Fsp3) is 0.286. The molecule has 1 saturated heterocycles. The highest BCUT2D eigenvalue weighted by molar-refractivity contribution is 6.22. The number of alkyl halides is 1. The van der Waals surface area contributed by atoms with Gasteiger partial charge in [-0.25, -0.2) is 0 Å². The van der Waals surface area contributed by atoms with Gasteiger partial charge in [0.05, 0.1) is 10.9 Å². The molecular weight excluding hydrogens is 248 g/mol. The Labute approximate surface area is 110 Å². The zero-order valence-electron chi connectivity index (χ0n) is 9.84. The number of halogens is 1. The number of carbonyl (C=O) groups excluding carboxylic acids is 1. The van der Waals surface area contributed by atoms with E-state index in [4.69, 9.17) is 11.6 Å². The summed E-state index contributed by atoms with van der Waals surface area (Å²) in [5, 5.41) is 1.05. The highest BCUT2D eigenvalue weighted by Gasteiger charge is 2.27. The highest BCUT2D eigenvalue weighted by Crippen LogP contribution is 2.20. The van der Waals surface area contributed by atoms with Crippen LogP contribution in [0.5, 0.6) is 0 Å². The topological polar surface area (TPSA) is 33.2 Å². The predicted octanol–water partition coefficient (Wildman–Crippen LogP) is 2.57. The summed E-state index contributed by atoms with van der Waals surface area (Å²) >= 11 is 5.98. The molecule has 0 N–H and O–H groups in total. The van der Waals surface area contributed by atoms with E-state index in [2.05, 4.69) is 11.1 Å². The summed E-state index contributed by atoms with van der Waals surface area (Å²) in [6, 6.07) is 10.1. The van der Waals surface area contributed by atoms with Crippen molar-refractivity contribution in [2.75, 3.05) is 6.54 Å². The number of pyridine rings is 1. The molecule has 0 bridgehead atoms. The smallest absolute Gasteiger partial charge is 0.224 e. The number of aromatic nitrogens is 1. The average molecular weight is 261 g/mol. The normalized spacial score (nSPS) is 19.7. The van der Waals surface area contributed by atoms with Gasteiger partial charge >= 0.3 is 0 Å². The molecule has 4 heteroatoms. The Hall–Kier alpha value is -1.61. The van der Waals surface area contributed by atoms with Crippen LogP contribution in [0.3, 0.4) is 0 Å². The lowest BCUT2D eigenvalue weighted by atomic mass is 10.1. The van der Waals surface area contributed by atoms with Crippen LogP contribution in [-0.4, -0.2) is 27.7 Å². The molecule has 92 valence electrons. The van der Waals surface area contributed by atoms with Gasteiger partial charge in [0.15, 0.2) is 0 Å². The molecule has 2 heterocycles. The third-order valence-corrected chi connectivity index (χ3v) is 3.48. The van der Waals surface area contributed by atoms with Crippen LogP contribution in [0.2, 0.25) is 0 Å². The first-order valence-corrected chi connectivity index (χ1v) is 6.41. The van der Waals surface area contributed by atoms with Crippen LogP contribution >= 0.6 is 11.6 Å². The van der Waals surface area contributed by atoms with Gasteiger partial charge in [-0.1, -0.05) is 18.2 Å². The standard InChI is InChI=1S/C14H13ClN2O/c15-12-6-14(18)17(9-12)8-10-5-11-3-1-2-4-13(11)16-7-10/h1-5,7,12H,6,8-9H2. The minimum absolute atomic E-state index is 0.0501. The predicted molar refractivity (Wildman–Crippen MR) is 71.4 cm³/mol. The first-order chi connectivity index (χ1) is 8.72. The van der Waals surface area contributed by atoms with Crippen molar-refractivity contribution in [3.8, 4) is 0 Å². The number of benzene rings is 1. The van der Waals surface area contributed by atoms with Gasteiger partial charge in [0.25, 0.3) is 0 Å². The van der Waals surface area contributed by atoms with Crippen molar-refractivity contribution in [1.29, 1.82) is 0 Å². The number of nitrogens with zero attached hydrogens (tertiary/aromatic N) is 2. The van der Waals surface area contributed by atoms with E-state index in [-0.39, 0.29) is 11.3 Å². The van der Waals surface area contributed by atoms with E-state index in [1.807, 2.05) is 30.5 Å². The van der Waals surface area contributed by atoms with Crippen molar-refractivity contribution in [3.63, 3.8) is 0 Å². The van der Waals surface area contributed by atoms with Crippen LogP contribution in [0.25, 0.3) is 10.9 Å². The fourth-order valence-corrected chi connectivity index (χ4v) is 2.60. The molecule has 1 fully saturated rings. The van der Waals surface area contributed by atoms with E-state index < -0.39 is 0 Å². The van der Waals surface area contributed by atoms with Crippen molar-refractivity contribution in [2.24, 2.45) is 0 Å². The summed E-state index contributed by atoms with van der Waals surface area (Å²) < 4.78 is 0. The molecule has 1 aliphatic heterocycles. The summed E-state index contributed by atoms with van der Waals surface area (Å²) in [6.45, 7) is 1.23. The molecular formula is C14H13ClN2O. The van der Waals surface area contributed by atoms with E-state index >= 15 is 0 Å². The molecule has 1 atom stereocenters. The molecule has 0 spiro atoms. The summed E-state index contributed by atoms with van der Waals surface area (Å²) in [6.07, 6.45) is 2.28. The largest absolute Gasteiger partial charge is 0.337 e. The summed E-state index contributed by atoms with van der Waals surface area (Å²) in [5.74, 6) is 0.128. The van der Waals surface area contributed by atoms with Crippen LogP contribution < -0.4 is 0 Å². The van der Waals surface area contributed by atoms with Crippen molar-refractivity contribution in [3.05, 3.63) is 42.1 Å². The minimum Gasteiger partial charge on any atom is -0.337 e. The average Bonchev–Trinajstić information content (AvgIpc) is 2.68. The Kier molecular flexibility index (Phi) is 2.92. The Bertz CT molecular complexity index is 599. The number of para-hydroxylation sites is 1. The third-order valence-electron chi connectivity index (χ3n) is 3.19. The second-order valence-corrected chi connectivity index (χ2v) is 5.23. The van der Waals surface area contributed by atoms with Crippen molar-refractivity contribution < 1.29 is 4.79 Å². The van der Waals surface area contributed by atoms with Crippen LogP contribution in [0.1, 0.15) is 12.0 Å². The van der Waals surface area contributed by atoms with Gasteiger partial charge in [-0.15, -0.1) is 11.6 Å². The monoisotopic (exact) mass is 260 g/mol. The van der Waals surface area contributed by atoms with E-state index in [0.29, 0.717) is 19.5 Å². The summed E-state index contributed by atoms with van der Waals surface area (Å²) in [7, 11) is 0. The summed E-state index contributed by atoms with van der Waals surface area (Å²) in [5.41, 5.74) is 2.03. The first-order valence-electron chi connectivity index (χ1n) is 5.98. The molecule has 1 aromatic heterocycles. The number of fused-ring (bicyclic) bond motifs is 1. The number of amides is 1. The molecule has 3 nitrogen and oxygen atoms in total. The quantitative estimate of drug-likeness (QED) is 0.778. The van der Waals surface area contributed by atoms with Gasteiger partial charge in [0.1, 0.15) is 0 Å². The summed E-state index contributed by atoms with van der Waals surface area (Å²) in [4.78, 5) is 17.9. The molecule has 0 aliphatic carbocycles. The van der Waals surface area contributed by atoms with Gasteiger partial charge in [0, 0.05) is 31.1 Å². The van der Waals surface area contributed by atoms with Crippen LogP contribution in [0.4, 0.5) is 0 Å². The number of carbonyl (C=O) groups is 1. The van der Waals surface area contributed by atoms with Gasteiger partial charge < -0.3 is 4.90 Å². The van der Waals surface area contributed by atoms with E-state index in [1.54, 1.807) is 4.90 Å². The second-order valence-electron chi connectivity index (χ2n) is 4.61. The fourth-order valence-electron chi connectivity index (χ4n) is 2.30. The van der Waals surface area contributed by atoms with Crippen molar-refractivity contribution in [1.82, 2.24) is 9.88 Å². The highest BCUT2D eigenvalue weighted by atomic mass is 35.5. The number of rotatable bonds is 2. The molecule has 0 radical (unpaired) electrons. The molecule has 3 rings (SSSR count). The lowest BCUT2D eigenvalue weighted by Crippen LogP contribution is -2.24. The molecule has 18 heavy (non-hydrogen) atoms. The van der Waals surface area contributed by atoms with Crippen LogP contribution in [0.15, 0.2) is 36.5 Å². The molecule has 1 amide bonds.